The topological polar surface area (TPSA) is 74.3 Å². The number of ether oxygens (including phenoxy) is 4. The van der Waals surface area contributed by atoms with Gasteiger partial charge < -0.3 is 18.9 Å². The monoisotopic (exact) mass is 541 g/mol. The van der Waals surface area contributed by atoms with Gasteiger partial charge in [-0.05, 0) is 48.1 Å². The van der Waals surface area contributed by atoms with Crippen LogP contribution in [-0.4, -0.2) is 49.9 Å². The molecular formula is C33H35NO6. The van der Waals surface area contributed by atoms with Gasteiger partial charge in [0.2, 0.25) is 5.91 Å². The fraction of sp³-hybridized carbons (Fsp3) is 0.333. The van der Waals surface area contributed by atoms with Crippen molar-refractivity contribution in [3.63, 3.8) is 0 Å². The summed E-state index contributed by atoms with van der Waals surface area (Å²) in [5, 5.41) is 0. The second kappa shape index (κ2) is 12.4. The molecule has 0 aromatic heterocycles. The molecule has 0 saturated carbocycles. The molecule has 2 amide bonds. The maximum atomic E-state index is 14.4. The number of hydrogen-bond acceptors (Lipinski definition) is 6. The predicted molar refractivity (Wildman–Crippen MR) is 151 cm³/mol. The van der Waals surface area contributed by atoms with Crippen LogP contribution in [0.4, 0.5) is 4.79 Å². The van der Waals surface area contributed by atoms with Gasteiger partial charge in [0.15, 0.2) is 11.5 Å². The minimum Gasteiger partial charge on any atom is -0.493 e. The Bertz CT molecular complexity index is 1330. The first-order valence-corrected chi connectivity index (χ1v) is 13.6. The SMILES string of the molecule is C=C[C@H]1[C@H](C(=O)N2C(=O)OC[C@@H]2Cc2ccccc2)[C@@H](c2ccc(OC)c(OC)c2)O[C@H]1CCc1ccccc1. The number of methoxy groups -OCH3 is 2. The van der Waals surface area contributed by atoms with E-state index in [-0.39, 0.29) is 24.5 Å². The van der Waals surface area contributed by atoms with Gasteiger partial charge in [-0.3, -0.25) is 4.79 Å². The highest BCUT2D eigenvalue weighted by molar-refractivity contribution is 5.95. The third-order valence-electron chi connectivity index (χ3n) is 7.86. The molecule has 7 heteroatoms. The highest BCUT2D eigenvalue weighted by Crippen LogP contribution is 2.47. The van der Waals surface area contributed by atoms with E-state index < -0.39 is 24.2 Å². The number of hydrogen-bond donors (Lipinski definition) is 0. The molecule has 0 unspecified atom stereocenters. The standard InChI is InChI=1S/C33H35NO6/c1-4-26-27(17-15-22-11-7-5-8-12-22)40-31(24-16-18-28(37-2)29(20-24)38-3)30(26)32(35)34-25(21-39-33(34)36)19-23-13-9-6-10-14-23/h4-14,16,18,20,25-27,30-31H,1,15,17,19,21H2,2-3H3/t25-,26+,27-,30-,31+/m0/s1. The van der Waals surface area contributed by atoms with Crippen LogP contribution in [0.1, 0.15) is 29.2 Å². The average molecular weight is 542 g/mol. The first-order chi connectivity index (χ1) is 19.5. The van der Waals surface area contributed by atoms with Crippen LogP contribution in [0, 0.1) is 11.8 Å². The number of aryl methyl sites for hydroxylation is 1. The van der Waals surface area contributed by atoms with Gasteiger partial charge in [-0.1, -0.05) is 72.8 Å². The van der Waals surface area contributed by atoms with Crippen molar-refractivity contribution in [2.45, 2.75) is 37.5 Å². The van der Waals surface area contributed by atoms with Crippen molar-refractivity contribution in [2.75, 3.05) is 20.8 Å². The summed E-state index contributed by atoms with van der Waals surface area (Å²) in [5.74, 6) is -0.157. The summed E-state index contributed by atoms with van der Waals surface area (Å²) in [6.07, 6.45) is 2.31. The molecule has 3 aromatic rings. The molecule has 40 heavy (non-hydrogen) atoms. The van der Waals surface area contributed by atoms with E-state index in [2.05, 4.69) is 18.7 Å². The van der Waals surface area contributed by atoms with Gasteiger partial charge in [0.1, 0.15) is 6.61 Å². The molecule has 0 N–H and O–H groups in total. The summed E-state index contributed by atoms with van der Waals surface area (Å²) in [4.78, 5) is 28.6. The molecule has 2 aliphatic rings. The van der Waals surface area contributed by atoms with E-state index in [1.807, 2.05) is 66.7 Å². The summed E-state index contributed by atoms with van der Waals surface area (Å²) in [5.41, 5.74) is 3.00. The molecule has 208 valence electrons. The first-order valence-electron chi connectivity index (χ1n) is 13.6. The summed E-state index contributed by atoms with van der Waals surface area (Å²) < 4.78 is 23.0. The maximum absolute atomic E-state index is 14.4. The highest BCUT2D eigenvalue weighted by atomic mass is 16.6. The predicted octanol–water partition coefficient (Wildman–Crippen LogP) is 5.79. The minimum atomic E-state index is -0.666. The number of imide groups is 1. The van der Waals surface area contributed by atoms with E-state index in [9.17, 15) is 9.59 Å². The summed E-state index contributed by atoms with van der Waals surface area (Å²) in [7, 11) is 3.15. The van der Waals surface area contributed by atoms with Gasteiger partial charge in [0, 0.05) is 5.92 Å². The molecule has 0 bridgehead atoms. The van der Waals surface area contributed by atoms with Crippen LogP contribution in [0.3, 0.4) is 0 Å². The van der Waals surface area contributed by atoms with Crippen LogP contribution in [0.25, 0.3) is 0 Å². The molecule has 7 nitrogen and oxygen atoms in total. The lowest BCUT2D eigenvalue weighted by atomic mass is 9.82. The van der Waals surface area contributed by atoms with Crippen LogP contribution in [0.2, 0.25) is 0 Å². The van der Waals surface area contributed by atoms with Crippen LogP contribution >= 0.6 is 0 Å². The number of cyclic esters (lactones) is 1. The van der Waals surface area contributed by atoms with Crippen molar-refractivity contribution in [1.29, 1.82) is 0 Å². The van der Waals surface area contributed by atoms with Crippen LogP contribution in [0.15, 0.2) is 91.5 Å². The largest absolute Gasteiger partial charge is 0.493 e. The Balaban J connectivity index is 1.47. The Morgan fingerprint density at radius 3 is 2.30 bits per heavy atom. The third kappa shape index (κ3) is 5.61. The molecule has 5 atom stereocenters. The van der Waals surface area contributed by atoms with Gasteiger partial charge in [-0.15, -0.1) is 6.58 Å². The van der Waals surface area contributed by atoms with Crippen LogP contribution in [0.5, 0.6) is 11.5 Å². The maximum Gasteiger partial charge on any atom is 0.416 e. The zero-order chi connectivity index (χ0) is 28.1. The lowest BCUT2D eigenvalue weighted by Gasteiger charge is -2.28. The second-order valence-corrected chi connectivity index (χ2v) is 10.2. The molecule has 0 aliphatic carbocycles. The van der Waals surface area contributed by atoms with Crippen molar-refractivity contribution < 1.29 is 28.5 Å². The summed E-state index contributed by atoms with van der Waals surface area (Å²) in [6.45, 7) is 4.25. The molecule has 2 saturated heterocycles. The van der Waals surface area contributed by atoms with Crippen LogP contribution < -0.4 is 9.47 Å². The van der Waals surface area contributed by atoms with Gasteiger partial charge >= 0.3 is 6.09 Å². The minimum absolute atomic E-state index is 0.157. The Morgan fingerprint density at radius 2 is 1.65 bits per heavy atom. The number of benzene rings is 3. The van der Waals surface area contributed by atoms with E-state index >= 15 is 0 Å². The number of carbonyl (C=O) groups excluding carboxylic acids is 2. The fourth-order valence-electron chi connectivity index (χ4n) is 5.85. The van der Waals surface area contributed by atoms with Gasteiger partial charge in [-0.25, -0.2) is 9.69 Å². The summed E-state index contributed by atoms with van der Waals surface area (Å²) in [6, 6.07) is 25.1. The lowest BCUT2D eigenvalue weighted by Crippen LogP contribution is -2.46. The first kappa shape index (κ1) is 27.5. The summed E-state index contributed by atoms with van der Waals surface area (Å²) >= 11 is 0. The molecule has 2 fully saturated rings. The molecule has 2 heterocycles. The van der Waals surface area contributed by atoms with E-state index in [1.54, 1.807) is 20.3 Å². The highest BCUT2D eigenvalue weighted by Gasteiger charge is 2.52. The quantitative estimate of drug-likeness (QED) is 0.303. The van der Waals surface area contributed by atoms with Gasteiger partial charge in [0.25, 0.3) is 0 Å². The molecule has 3 aromatic carbocycles. The molecule has 0 spiro atoms. The second-order valence-electron chi connectivity index (χ2n) is 10.2. The van der Waals surface area contributed by atoms with Crippen molar-refractivity contribution >= 4 is 12.0 Å². The Kier molecular flexibility index (Phi) is 8.51. The number of nitrogens with zero attached hydrogens (tertiary/aromatic N) is 1. The van der Waals surface area contributed by atoms with Gasteiger partial charge in [0.05, 0.1) is 38.4 Å². The number of amides is 2. The zero-order valence-electron chi connectivity index (χ0n) is 22.9. The van der Waals surface area contributed by atoms with Gasteiger partial charge in [-0.2, -0.15) is 0 Å². The normalized spacial score (nSPS) is 24.0. The van der Waals surface area contributed by atoms with Crippen LogP contribution in [-0.2, 0) is 27.1 Å². The zero-order valence-corrected chi connectivity index (χ0v) is 22.9. The molecular weight excluding hydrogens is 506 g/mol. The van der Waals surface area contributed by atoms with Crippen molar-refractivity contribution in [3.8, 4) is 11.5 Å². The molecule has 5 rings (SSSR count). The average Bonchev–Trinajstić information content (AvgIpc) is 3.56. The Morgan fingerprint density at radius 1 is 0.975 bits per heavy atom. The Labute approximate surface area is 235 Å². The van der Waals surface area contributed by atoms with E-state index in [0.717, 1.165) is 17.5 Å². The smallest absolute Gasteiger partial charge is 0.416 e. The molecule has 2 aliphatic heterocycles. The van der Waals surface area contributed by atoms with Crippen molar-refractivity contribution in [1.82, 2.24) is 4.90 Å². The lowest BCUT2D eigenvalue weighted by molar-refractivity contribution is -0.136. The number of rotatable bonds is 10. The number of carbonyl (C=O) groups is 2. The fourth-order valence-corrected chi connectivity index (χ4v) is 5.85. The van der Waals surface area contributed by atoms with E-state index in [1.165, 1.54) is 10.5 Å². The Hall–Kier alpha value is -4.10. The van der Waals surface area contributed by atoms with E-state index in [4.69, 9.17) is 18.9 Å². The third-order valence-corrected chi connectivity index (χ3v) is 7.86. The van der Waals surface area contributed by atoms with Crippen molar-refractivity contribution in [2.24, 2.45) is 11.8 Å². The molecule has 0 radical (unpaired) electrons. The van der Waals surface area contributed by atoms with E-state index in [0.29, 0.717) is 24.3 Å². The van der Waals surface area contributed by atoms with Crippen molar-refractivity contribution in [3.05, 3.63) is 108 Å².